The molecule has 1 aromatic carbocycles. The zero-order chi connectivity index (χ0) is 24.3. The van der Waals surface area contributed by atoms with Crippen molar-refractivity contribution in [2.24, 2.45) is 5.92 Å². The highest BCUT2D eigenvalue weighted by molar-refractivity contribution is 6.31. The van der Waals surface area contributed by atoms with Crippen molar-refractivity contribution in [1.82, 2.24) is 9.80 Å². The minimum Gasteiger partial charge on any atom is -0.447 e. The highest BCUT2D eigenvalue weighted by Crippen LogP contribution is 2.29. The molecule has 1 saturated carbocycles. The molecule has 1 aliphatic carbocycles. The van der Waals surface area contributed by atoms with E-state index < -0.39 is 0 Å². The van der Waals surface area contributed by atoms with Crippen molar-refractivity contribution in [3.05, 3.63) is 28.3 Å². The van der Waals surface area contributed by atoms with E-state index in [0.29, 0.717) is 43.2 Å². The lowest BCUT2D eigenvalue weighted by Gasteiger charge is -2.39. The van der Waals surface area contributed by atoms with Gasteiger partial charge in [-0.3, -0.25) is 15.7 Å². The number of amidine groups is 1. The molecule has 9 nitrogen and oxygen atoms in total. The van der Waals surface area contributed by atoms with Crippen LogP contribution in [0.3, 0.4) is 0 Å². The fourth-order valence-corrected chi connectivity index (χ4v) is 4.37. The maximum Gasteiger partial charge on any atom is 0.410 e. The molecule has 3 rings (SSSR count). The number of halogens is 1. The Labute approximate surface area is 200 Å². The van der Waals surface area contributed by atoms with E-state index >= 15 is 0 Å². The monoisotopic (exact) mass is 479 g/mol. The van der Waals surface area contributed by atoms with Crippen molar-refractivity contribution < 1.29 is 19.4 Å². The number of amides is 1. The summed E-state index contributed by atoms with van der Waals surface area (Å²) in [5, 5.41) is 28.9. The molecule has 4 N–H and O–H groups in total. The third-order valence-corrected chi connectivity index (χ3v) is 6.32. The quantitative estimate of drug-likeness (QED) is 0.376. The number of ether oxygens (including phenoxy) is 2. The van der Waals surface area contributed by atoms with Crippen molar-refractivity contribution in [2.45, 2.75) is 65.3 Å². The van der Waals surface area contributed by atoms with Gasteiger partial charge in [0.25, 0.3) is 6.02 Å². The number of carbonyl (C=O) groups excluding carboxylic acids is 1. The highest BCUT2D eigenvalue weighted by Gasteiger charge is 2.33. The number of piperazine rings is 1. The Balaban J connectivity index is 1.60. The summed E-state index contributed by atoms with van der Waals surface area (Å²) in [6.45, 7) is 10.3. The van der Waals surface area contributed by atoms with Crippen LogP contribution < -0.4 is 5.32 Å². The second kappa shape index (κ2) is 10.7. The van der Waals surface area contributed by atoms with Gasteiger partial charge in [-0.2, -0.15) is 0 Å². The number of anilines is 1. The number of hydrogen-bond donors (Lipinski definition) is 4. The maximum absolute atomic E-state index is 12.3. The van der Waals surface area contributed by atoms with E-state index in [2.05, 4.69) is 10.2 Å². The van der Waals surface area contributed by atoms with E-state index in [9.17, 15) is 9.90 Å². The number of hydrogen-bond acceptors (Lipinski definition) is 7. The number of rotatable bonds is 5. The van der Waals surface area contributed by atoms with E-state index in [1.165, 1.54) is 0 Å². The van der Waals surface area contributed by atoms with Gasteiger partial charge in [0, 0.05) is 48.8 Å². The Hall–Kier alpha value is -2.36. The van der Waals surface area contributed by atoms with Crippen LogP contribution in [0.25, 0.3) is 0 Å². The highest BCUT2D eigenvalue weighted by atomic mass is 35.5. The summed E-state index contributed by atoms with van der Waals surface area (Å²) in [5.74, 6) is -0.155. The van der Waals surface area contributed by atoms with Gasteiger partial charge in [-0.25, -0.2) is 4.79 Å². The molecule has 1 heterocycles. The Bertz CT molecular complexity index is 903. The molecule has 0 bridgehead atoms. The van der Waals surface area contributed by atoms with Crippen LogP contribution in [0, 0.1) is 23.7 Å². The lowest BCUT2D eigenvalue weighted by molar-refractivity contribution is 0.0349. The molecular weight excluding hydrogens is 446 g/mol. The molecule has 182 valence electrons. The van der Waals surface area contributed by atoms with Crippen molar-refractivity contribution in [3.8, 4) is 0 Å². The van der Waals surface area contributed by atoms with Crippen molar-refractivity contribution >= 4 is 35.3 Å². The molecule has 0 radical (unpaired) electrons. The van der Waals surface area contributed by atoms with Crippen molar-refractivity contribution in [2.75, 3.05) is 25.0 Å². The van der Waals surface area contributed by atoms with Gasteiger partial charge in [-0.15, -0.1) is 0 Å². The molecular formula is C23H34ClN5O4. The van der Waals surface area contributed by atoms with Gasteiger partial charge >= 0.3 is 6.09 Å². The largest absolute Gasteiger partial charge is 0.447 e. The van der Waals surface area contributed by atoms with Gasteiger partial charge in [-0.1, -0.05) is 11.6 Å². The van der Waals surface area contributed by atoms with Crippen LogP contribution in [0.4, 0.5) is 10.5 Å². The average Bonchev–Trinajstić information content (AvgIpc) is 2.68. The predicted molar refractivity (Wildman–Crippen MR) is 128 cm³/mol. The number of aliphatic hydroxyl groups excluding tert-OH is 1. The molecule has 0 spiro atoms. The molecule has 2 aliphatic rings. The summed E-state index contributed by atoms with van der Waals surface area (Å²) in [7, 11) is 0. The fraction of sp³-hybridized carbons (Fsp3) is 0.609. The zero-order valence-corrected chi connectivity index (χ0v) is 20.4. The minimum atomic E-state index is -0.385. The number of nitrogens with one attached hydrogen (secondary N) is 3. The van der Waals surface area contributed by atoms with Crippen LogP contribution >= 0.6 is 11.6 Å². The summed E-state index contributed by atoms with van der Waals surface area (Å²) in [4.78, 5) is 16.3. The van der Waals surface area contributed by atoms with E-state index in [0.717, 1.165) is 17.7 Å². The first-order valence-electron chi connectivity index (χ1n) is 11.3. The molecule has 0 aromatic heterocycles. The molecule has 1 atom stereocenters. The Morgan fingerprint density at radius 1 is 1.30 bits per heavy atom. The van der Waals surface area contributed by atoms with E-state index in [1.807, 2.05) is 33.8 Å². The maximum atomic E-state index is 12.3. The third-order valence-electron chi connectivity index (χ3n) is 6.10. The zero-order valence-electron chi connectivity index (χ0n) is 19.7. The average molecular weight is 480 g/mol. The molecule has 2 fully saturated rings. The van der Waals surface area contributed by atoms with Gasteiger partial charge in [0.15, 0.2) is 5.90 Å². The molecule has 1 amide bonds. The van der Waals surface area contributed by atoms with Crippen molar-refractivity contribution in [3.63, 3.8) is 0 Å². The number of carbonyl (C=O) groups is 1. The summed E-state index contributed by atoms with van der Waals surface area (Å²) < 4.78 is 10.7. The summed E-state index contributed by atoms with van der Waals surface area (Å²) in [6, 6.07) is 3.43. The first-order chi connectivity index (χ1) is 15.5. The molecule has 0 unspecified atom stereocenters. The second-order valence-electron chi connectivity index (χ2n) is 9.19. The van der Waals surface area contributed by atoms with Crippen LogP contribution in [0.1, 0.15) is 44.7 Å². The summed E-state index contributed by atoms with van der Waals surface area (Å²) >= 11 is 6.36. The van der Waals surface area contributed by atoms with Crippen LogP contribution in [0.2, 0.25) is 5.02 Å². The predicted octanol–water partition coefficient (Wildman–Crippen LogP) is 3.81. The van der Waals surface area contributed by atoms with Crippen LogP contribution in [-0.2, 0) is 16.0 Å². The second-order valence-corrected chi connectivity index (χ2v) is 9.63. The SMILES string of the molecule is Cc1c(CN2CCN(C(=O)OC(C)C)[C@@H](C)C2)cc(Cl)cc1NC(=N)OC(=N)[C@H]1C[C@H](O)C1. The Morgan fingerprint density at radius 2 is 2.00 bits per heavy atom. The van der Waals surface area contributed by atoms with E-state index in [4.69, 9.17) is 31.9 Å². The Morgan fingerprint density at radius 3 is 2.61 bits per heavy atom. The smallest absolute Gasteiger partial charge is 0.410 e. The third kappa shape index (κ3) is 6.59. The molecule has 33 heavy (non-hydrogen) atoms. The first-order valence-corrected chi connectivity index (χ1v) is 11.7. The fourth-order valence-electron chi connectivity index (χ4n) is 4.13. The van der Waals surface area contributed by atoms with Crippen LogP contribution in [-0.4, -0.2) is 70.8 Å². The van der Waals surface area contributed by atoms with Gasteiger partial charge in [0.05, 0.1) is 12.2 Å². The first kappa shape index (κ1) is 25.3. The minimum absolute atomic E-state index is 0.0134. The molecule has 10 heteroatoms. The van der Waals surface area contributed by atoms with Gasteiger partial charge < -0.3 is 24.8 Å². The molecule has 1 aliphatic heterocycles. The van der Waals surface area contributed by atoms with Gasteiger partial charge in [-0.05, 0) is 63.8 Å². The lowest BCUT2D eigenvalue weighted by Crippen LogP contribution is -2.54. The number of aliphatic hydroxyl groups is 1. The van der Waals surface area contributed by atoms with Crippen LogP contribution in [0.5, 0.6) is 0 Å². The molecule has 1 aromatic rings. The summed E-state index contributed by atoms with van der Waals surface area (Å²) in [5.41, 5.74) is 2.60. The number of nitrogens with zero attached hydrogens (tertiary/aromatic N) is 2. The summed E-state index contributed by atoms with van der Waals surface area (Å²) in [6.07, 6.45) is 0.183. The standard InChI is InChI=1S/C23H34ClN5O4/c1-13(2)32-23(31)29-6-5-28(11-14(29)3)12-17-7-18(24)10-20(15(17)4)27-22(26)33-21(25)16-8-19(30)9-16/h7,10,13-14,16,19,25,30H,5-6,8-9,11-12H2,1-4H3,(H2,26,27)/t14-,16-,19-/m0/s1. The van der Waals surface area contributed by atoms with Crippen molar-refractivity contribution in [1.29, 1.82) is 10.8 Å². The van der Waals surface area contributed by atoms with Gasteiger partial charge in [0.2, 0.25) is 0 Å². The van der Waals surface area contributed by atoms with E-state index in [-0.39, 0.29) is 42.2 Å². The van der Waals surface area contributed by atoms with E-state index in [1.54, 1.807) is 11.0 Å². The van der Waals surface area contributed by atoms with Gasteiger partial charge in [0.1, 0.15) is 0 Å². The normalized spacial score (nSPS) is 23.1. The van der Waals surface area contributed by atoms with Crippen LogP contribution in [0.15, 0.2) is 12.1 Å². The Kier molecular flexibility index (Phi) is 8.20. The topological polar surface area (TPSA) is 122 Å². The number of benzene rings is 1. The molecule has 1 saturated heterocycles. The lowest BCUT2D eigenvalue weighted by atomic mass is 9.82.